The molecule has 3 rings (SSSR count). The van der Waals surface area contributed by atoms with Crippen LogP contribution in [0.5, 0.6) is 0 Å². The predicted molar refractivity (Wildman–Crippen MR) is 83.1 cm³/mol. The second-order valence-corrected chi connectivity index (χ2v) is 6.91. The lowest BCUT2D eigenvalue weighted by molar-refractivity contribution is -0.193. The SMILES string of the molecule is CCN1CCC(N(C)C2CC3(CCC2N)OCCO3)CC1. The molecule has 2 aliphatic heterocycles. The van der Waals surface area contributed by atoms with Crippen LogP contribution in [0, 0.1) is 0 Å². The summed E-state index contributed by atoms with van der Waals surface area (Å²) in [5.41, 5.74) is 6.43. The average Bonchev–Trinajstić information content (AvgIpc) is 2.98. The molecule has 21 heavy (non-hydrogen) atoms. The molecule has 0 amide bonds. The number of piperidine rings is 1. The number of hydrogen-bond acceptors (Lipinski definition) is 5. The number of likely N-dealkylation sites (tertiary alicyclic amines) is 1. The van der Waals surface area contributed by atoms with E-state index in [0.29, 0.717) is 12.1 Å². The maximum Gasteiger partial charge on any atom is 0.170 e. The molecule has 5 heteroatoms. The molecule has 0 aromatic carbocycles. The van der Waals surface area contributed by atoms with Crippen molar-refractivity contribution in [1.82, 2.24) is 9.80 Å². The van der Waals surface area contributed by atoms with Crippen molar-refractivity contribution in [2.75, 3.05) is 39.9 Å². The molecule has 5 nitrogen and oxygen atoms in total. The number of ether oxygens (including phenoxy) is 2. The van der Waals surface area contributed by atoms with Crippen LogP contribution in [0.25, 0.3) is 0 Å². The quantitative estimate of drug-likeness (QED) is 0.843. The van der Waals surface area contributed by atoms with Gasteiger partial charge in [0.1, 0.15) is 0 Å². The van der Waals surface area contributed by atoms with E-state index in [1.165, 1.54) is 32.5 Å². The number of likely N-dealkylation sites (N-methyl/N-ethyl adjacent to an activating group) is 1. The first-order valence-corrected chi connectivity index (χ1v) is 8.61. The van der Waals surface area contributed by atoms with Crippen LogP contribution in [0.4, 0.5) is 0 Å². The standard InChI is InChI=1S/C16H31N3O2/c1-3-19-8-5-13(6-9-19)18(2)15-12-16(7-4-14(15)17)20-10-11-21-16/h13-15H,3-12,17H2,1-2H3. The molecule has 122 valence electrons. The van der Waals surface area contributed by atoms with Gasteiger partial charge in [-0.15, -0.1) is 0 Å². The van der Waals surface area contributed by atoms with Crippen LogP contribution < -0.4 is 5.73 Å². The molecule has 0 radical (unpaired) electrons. The Labute approximate surface area is 128 Å². The van der Waals surface area contributed by atoms with Crippen LogP contribution in [0.3, 0.4) is 0 Å². The molecule has 2 atom stereocenters. The summed E-state index contributed by atoms with van der Waals surface area (Å²) < 4.78 is 11.8. The van der Waals surface area contributed by atoms with Gasteiger partial charge in [-0.1, -0.05) is 6.92 Å². The highest BCUT2D eigenvalue weighted by Gasteiger charge is 2.46. The van der Waals surface area contributed by atoms with Gasteiger partial charge >= 0.3 is 0 Å². The summed E-state index contributed by atoms with van der Waals surface area (Å²) in [4.78, 5) is 5.07. The minimum absolute atomic E-state index is 0.248. The lowest BCUT2D eigenvalue weighted by Gasteiger charge is -2.47. The normalized spacial score (nSPS) is 34.9. The van der Waals surface area contributed by atoms with E-state index in [1.807, 2.05) is 0 Å². The van der Waals surface area contributed by atoms with Crippen molar-refractivity contribution in [3.8, 4) is 0 Å². The second-order valence-electron chi connectivity index (χ2n) is 6.91. The number of hydrogen-bond donors (Lipinski definition) is 1. The molecule has 1 saturated carbocycles. The molecular formula is C16H31N3O2. The van der Waals surface area contributed by atoms with Crippen LogP contribution in [0.2, 0.25) is 0 Å². The first-order valence-electron chi connectivity index (χ1n) is 8.61. The Kier molecular flexibility index (Phi) is 4.86. The van der Waals surface area contributed by atoms with E-state index in [-0.39, 0.29) is 11.8 Å². The summed E-state index contributed by atoms with van der Waals surface area (Å²) in [6, 6.07) is 1.29. The van der Waals surface area contributed by atoms with E-state index < -0.39 is 0 Å². The van der Waals surface area contributed by atoms with Gasteiger partial charge < -0.3 is 20.1 Å². The highest BCUT2D eigenvalue weighted by atomic mass is 16.7. The monoisotopic (exact) mass is 297 g/mol. The van der Waals surface area contributed by atoms with Gasteiger partial charge in [-0.05, 0) is 45.9 Å². The minimum Gasteiger partial charge on any atom is -0.347 e. The highest BCUT2D eigenvalue weighted by molar-refractivity contribution is 4.96. The lowest BCUT2D eigenvalue weighted by Crippen LogP contribution is -2.58. The summed E-state index contributed by atoms with van der Waals surface area (Å²) in [6.45, 7) is 7.32. The van der Waals surface area contributed by atoms with Gasteiger partial charge in [-0.2, -0.15) is 0 Å². The van der Waals surface area contributed by atoms with Gasteiger partial charge in [0.15, 0.2) is 5.79 Å². The van der Waals surface area contributed by atoms with Crippen molar-refractivity contribution in [2.45, 2.75) is 62.9 Å². The molecular weight excluding hydrogens is 266 g/mol. The predicted octanol–water partition coefficient (Wildman–Crippen LogP) is 1.03. The number of nitrogens with zero attached hydrogens (tertiary/aromatic N) is 2. The third kappa shape index (κ3) is 3.27. The summed E-state index contributed by atoms with van der Waals surface area (Å²) in [6.07, 6.45) is 5.39. The van der Waals surface area contributed by atoms with Crippen LogP contribution in [0.15, 0.2) is 0 Å². The zero-order valence-corrected chi connectivity index (χ0v) is 13.6. The Bertz CT molecular complexity index is 338. The van der Waals surface area contributed by atoms with Crippen LogP contribution in [-0.4, -0.2) is 73.6 Å². The van der Waals surface area contributed by atoms with Crippen molar-refractivity contribution in [1.29, 1.82) is 0 Å². The largest absolute Gasteiger partial charge is 0.347 e. The van der Waals surface area contributed by atoms with E-state index in [0.717, 1.165) is 32.5 Å². The molecule has 2 saturated heterocycles. The summed E-state index contributed by atoms with van der Waals surface area (Å²) in [5, 5.41) is 0. The summed E-state index contributed by atoms with van der Waals surface area (Å²) in [5.74, 6) is -0.334. The maximum absolute atomic E-state index is 6.43. The van der Waals surface area contributed by atoms with Crippen LogP contribution in [-0.2, 0) is 9.47 Å². The molecule has 2 unspecified atom stereocenters. The second kappa shape index (κ2) is 6.50. The molecule has 3 aliphatic rings. The third-order valence-electron chi connectivity index (χ3n) is 5.79. The molecule has 0 bridgehead atoms. The van der Waals surface area contributed by atoms with Crippen LogP contribution >= 0.6 is 0 Å². The Morgan fingerprint density at radius 2 is 1.86 bits per heavy atom. The Morgan fingerprint density at radius 1 is 1.19 bits per heavy atom. The molecule has 2 N–H and O–H groups in total. The Hall–Kier alpha value is -0.200. The first-order chi connectivity index (χ1) is 10.1. The van der Waals surface area contributed by atoms with E-state index in [4.69, 9.17) is 15.2 Å². The fourth-order valence-corrected chi connectivity index (χ4v) is 4.27. The van der Waals surface area contributed by atoms with Gasteiger partial charge in [0.2, 0.25) is 0 Å². The number of rotatable bonds is 3. The van der Waals surface area contributed by atoms with Crippen molar-refractivity contribution >= 4 is 0 Å². The van der Waals surface area contributed by atoms with Gasteiger partial charge in [-0.25, -0.2) is 0 Å². The fraction of sp³-hybridized carbons (Fsp3) is 1.00. The van der Waals surface area contributed by atoms with E-state index >= 15 is 0 Å². The Morgan fingerprint density at radius 3 is 2.48 bits per heavy atom. The molecule has 1 spiro atoms. The smallest absolute Gasteiger partial charge is 0.170 e. The molecule has 3 fully saturated rings. The molecule has 0 aromatic rings. The van der Waals surface area contributed by atoms with Gasteiger partial charge in [0.25, 0.3) is 0 Å². The van der Waals surface area contributed by atoms with Gasteiger partial charge in [0.05, 0.1) is 13.2 Å². The zero-order valence-electron chi connectivity index (χ0n) is 13.6. The zero-order chi connectivity index (χ0) is 14.9. The van der Waals surface area contributed by atoms with Crippen LogP contribution in [0.1, 0.15) is 39.0 Å². The first kappa shape index (κ1) is 15.7. The summed E-state index contributed by atoms with van der Waals surface area (Å²) >= 11 is 0. The minimum atomic E-state index is -0.334. The van der Waals surface area contributed by atoms with Crippen molar-refractivity contribution < 1.29 is 9.47 Å². The summed E-state index contributed by atoms with van der Waals surface area (Å²) in [7, 11) is 2.25. The fourth-order valence-electron chi connectivity index (χ4n) is 4.27. The van der Waals surface area contributed by atoms with E-state index in [2.05, 4.69) is 23.8 Å². The number of nitrogens with two attached hydrogens (primary N) is 1. The van der Waals surface area contributed by atoms with E-state index in [9.17, 15) is 0 Å². The van der Waals surface area contributed by atoms with Crippen molar-refractivity contribution in [3.05, 3.63) is 0 Å². The topological polar surface area (TPSA) is 51.0 Å². The van der Waals surface area contributed by atoms with Crippen molar-refractivity contribution in [2.24, 2.45) is 5.73 Å². The molecule has 0 aromatic heterocycles. The Balaban J connectivity index is 1.61. The molecule has 1 aliphatic carbocycles. The third-order valence-corrected chi connectivity index (χ3v) is 5.79. The highest BCUT2D eigenvalue weighted by Crippen LogP contribution is 2.38. The maximum atomic E-state index is 6.43. The van der Waals surface area contributed by atoms with E-state index in [1.54, 1.807) is 0 Å². The van der Waals surface area contributed by atoms with Crippen molar-refractivity contribution in [3.63, 3.8) is 0 Å². The van der Waals surface area contributed by atoms with Gasteiger partial charge in [-0.3, -0.25) is 4.90 Å². The average molecular weight is 297 g/mol. The lowest BCUT2D eigenvalue weighted by atomic mass is 9.84. The molecule has 2 heterocycles. The van der Waals surface area contributed by atoms with Gasteiger partial charge in [0, 0.05) is 31.0 Å².